The van der Waals surface area contributed by atoms with Gasteiger partial charge in [-0.3, -0.25) is 9.36 Å². The molecular formula is C17H16FN3O3S. The number of fused-ring (bicyclic) bond motifs is 1. The van der Waals surface area contributed by atoms with Crippen molar-refractivity contribution >= 4 is 39.0 Å². The van der Waals surface area contributed by atoms with Gasteiger partial charge in [-0.05, 0) is 31.0 Å². The molecule has 0 spiro atoms. The summed E-state index contributed by atoms with van der Waals surface area (Å²) in [6.45, 7) is 3.61. The van der Waals surface area contributed by atoms with Gasteiger partial charge in [0.05, 0.1) is 10.7 Å². The number of hydrogen-bond acceptors (Lipinski definition) is 5. The summed E-state index contributed by atoms with van der Waals surface area (Å²) in [5.74, 6) is -1.75. The van der Waals surface area contributed by atoms with Gasteiger partial charge in [0.2, 0.25) is 0 Å². The Morgan fingerprint density at radius 2 is 2.16 bits per heavy atom. The van der Waals surface area contributed by atoms with E-state index in [0.29, 0.717) is 11.4 Å². The molecule has 25 heavy (non-hydrogen) atoms. The van der Waals surface area contributed by atoms with Crippen molar-refractivity contribution in [1.29, 1.82) is 0 Å². The lowest BCUT2D eigenvalue weighted by atomic mass is 10.1. The predicted molar refractivity (Wildman–Crippen MR) is 95.6 cm³/mol. The van der Waals surface area contributed by atoms with Gasteiger partial charge in [0, 0.05) is 7.05 Å². The number of halogens is 1. The number of aromatic nitrogens is 2. The number of aryl methyl sites for hydroxylation is 2. The Hall–Kier alpha value is -2.74. The molecule has 0 saturated carbocycles. The standard InChI is InChI=1S/C17H16FN3O3S/c1-4-9-5-6-11(10(18)7-9)20-15-12(17(23)24)13-14(16(22)21(15)3)25-8(2)19-13/h5-7,20H,4H2,1-3H3,(H,23,24). The zero-order chi connectivity index (χ0) is 18.3. The van der Waals surface area contributed by atoms with E-state index in [4.69, 9.17) is 0 Å². The second-order valence-electron chi connectivity index (χ2n) is 5.60. The van der Waals surface area contributed by atoms with E-state index in [9.17, 15) is 19.1 Å². The van der Waals surface area contributed by atoms with Crippen molar-refractivity contribution < 1.29 is 14.3 Å². The Bertz CT molecular complexity index is 1060. The van der Waals surface area contributed by atoms with Crippen molar-refractivity contribution in [2.75, 3.05) is 5.32 Å². The maximum Gasteiger partial charge on any atom is 0.341 e. The lowest BCUT2D eigenvalue weighted by molar-refractivity contribution is 0.0699. The Labute approximate surface area is 146 Å². The summed E-state index contributed by atoms with van der Waals surface area (Å²) in [5.41, 5.74) is 0.507. The van der Waals surface area contributed by atoms with Gasteiger partial charge in [-0.2, -0.15) is 0 Å². The van der Waals surface area contributed by atoms with E-state index in [1.165, 1.54) is 23.7 Å². The topological polar surface area (TPSA) is 84.2 Å². The molecule has 3 aromatic rings. The fourth-order valence-corrected chi connectivity index (χ4v) is 3.53. The second-order valence-corrected chi connectivity index (χ2v) is 6.80. The third-order valence-corrected chi connectivity index (χ3v) is 4.91. The first-order chi connectivity index (χ1) is 11.8. The summed E-state index contributed by atoms with van der Waals surface area (Å²) < 4.78 is 15.7. The van der Waals surface area contributed by atoms with Crippen molar-refractivity contribution in [3.05, 3.63) is 50.5 Å². The zero-order valence-electron chi connectivity index (χ0n) is 13.9. The van der Waals surface area contributed by atoms with Crippen molar-refractivity contribution in [2.24, 2.45) is 7.05 Å². The molecule has 0 atom stereocenters. The van der Waals surface area contributed by atoms with Crippen molar-refractivity contribution in [2.45, 2.75) is 20.3 Å². The number of aromatic carboxylic acids is 1. The quantitative estimate of drug-likeness (QED) is 0.744. The summed E-state index contributed by atoms with van der Waals surface area (Å²) in [6, 6.07) is 4.66. The Kier molecular flexibility index (Phi) is 4.30. The molecule has 0 bridgehead atoms. The number of anilines is 2. The van der Waals surface area contributed by atoms with Crippen LogP contribution in [-0.4, -0.2) is 20.6 Å². The molecule has 0 aliphatic carbocycles. The van der Waals surface area contributed by atoms with E-state index in [1.807, 2.05) is 6.92 Å². The van der Waals surface area contributed by atoms with Gasteiger partial charge in [0.15, 0.2) is 0 Å². The van der Waals surface area contributed by atoms with E-state index in [-0.39, 0.29) is 32.8 Å². The van der Waals surface area contributed by atoms with Crippen molar-refractivity contribution in [3.63, 3.8) is 0 Å². The molecule has 0 unspecified atom stereocenters. The van der Waals surface area contributed by atoms with Crippen molar-refractivity contribution in [1.82, 2.24) is 9.55 Å². The lowest BCUT2D eigenvalue weighted by Crippen LogP contribution is -2.23. The van der Waals surface area contributed by atoms with Crippen LogP contribution < -0.4 is 10.9 Å². The molecule has 0 amide bonds. The minimum Gasteiger partial charge on any atom is -0.477 e. The molecule has 1 aromatic carbocycles. The predicted octanol–water partition coefficient (Wildman–Crippen LogP) is 3.45. The molecule has 0 saturated heterocycles. The highest BCUT2D eigenvalue weighted by Crippen LogP contribution is 2.29. The van der Waals surface area contributed by atoms with Gasteiger partial charge >= 0.3 is 5.97 Å². The van der Waals surface area contributed by atoms with Crippen LogP contribution >= 0.6 is 11.3 Å². The van der Waals surface area contributed by atoms with Gasteiger partial charge in [-0.25, -0.2) is 14.2 Å². The highest BCUT2D eigenvalue weighted by atomic mass is 32.1. The summed E-state index contributed by atoms with van der Waals surface area (Å²) in [7, 11) is 1.45. The fraction of sp³-hybridized carbons (Fsp3) is 0.235. The zero-order valence-corrected chi connectivity index (χ0v) is 14.7. The first kappa shape index (κ1) is 17.1. The van der Waals surface area contributed by atoms with Gasteiger partial charge in [0.25, 0.3) is 5.56 Å². The summed E-state index contributed by atoms with van der Waals surface area (Å²) in [5, 5.41) is 13.0. The van der Waals surface area contributed by atoms with Gasteiger partial charge in [-0.1, -0.05) is 13.0 Å². The van der Waals surface area contributed by atoms with E-state index < -0.39 is 11.8 Å². The molecule has 0 aliphatic rings. The average molecular weight is 361 g/mol. The maximum absolute atomic E-state index is 14.3. The van der Waals surface area contributed by atoms with Crippen molar-refractivity contribution in [3.8, 4) is 0 Å². The number of carbonyl (C=O) groups is 1. The summed E-state index contributed by atoms with van der Waals surface area (Å²) in [4.78, 5) is 28.5. The number of nitrogens with zero attached hydrogens (tertiary/aromatic N) is 2. The fourth-order valence-electron chi connectivity index (χ4n) is 2.63. The van der Waals surface area contributed by atoms with Crippen LogP contribution in [-0.2, 0) is 13.5 Å². The minimum absolute atomic E-state index is 0.00144. The molecule has 6 nitrogen and oxygen atoms in total. The summed E-state index contributed by atoms with van der Waals surface area (Å²) in [6.07, 6.45) is 0.681. The monoisotopic (exact) mass is 361 g/mol. The smallest absolute Gasteiger partial charge is 0.341 e. The van der Waals surface area contributed by atoms with Crippen LogP contribution in [0, 0.1) is 12.7 Å². The SMILES string of the molecule is CCc1ccc(Nc2c(C(=O)O)c3nc(C)sc3c(=O)n2C)c(F)c1. The minimum atomic E-state index is -1.24. The highest BCUT2D eigenvalue weighted by molar-refractivity contribution is 7.18. The molecule has 8 heteroatoms. The molecule has 3 rings (SSSR count). The molecular weight excluding hydrogens is 345 g/mol. The van der Waals surface area contributed by atoms with Crippen LogP contribution in [0.2, 0.25) is 0 Å². The van der Waals surface area contributed by atoms with Crippen LogP contribution in [0.15, 0.2) is 23.0 Å². The molecule has 0 aliphatic heterocycles. The average Bonchev–Trinajstić information content (AvgIpc) is 2.95. The molecule has 2 heterocycles. The van der Waals surface area contributed by atoms with E-state index in [1.54, 1.807) is 13.0 Å². The molecule has 0 fully saturated rings. The van der Waals surface area contributed by atoms with Crippen LogP contribution in [0.3, 0.4) is 0 Å². The number of carboxylic acids is 1. The first-order valence-electron chi connectivity index (χ1n) is 7.62. The molecule has 130 valence electrons. The number of carboxylic acid groups (broad SMARTS) is 1. The Morgan fingerprint density at radius 3 is 2.76 bits per heavy atom. The van der Waals surface area contributed by atoms with E-state index in [0.717, 1.165) is 16.9 Å². The highest BCUT2D eigenvalue weighted by Gasteiger charge is 2.24. The number of pyridine rings is 1. The third kappa shape index (κ3) is 2.89. The third-order valence-electron chi connectivity index (χ3n) is 3.95. The van der Waals surface area contributed by atoms with Gasteiger partial charge in [-0.15, -0.1) is 11.3 Å². The number of hydrogen-bond donors (Lipinski definition) is 2. The number of benzene rings is 1. The van der Waals surface area contributed by atoms with Gasteiger partial charge < -0.3 is 10.4 Å². The van der Waals surface area contributed by atoms with Crippen LogP contribution in [0.1, 0.15) is 27.9 Å². The Morgan fingerprint density at radius 1 is 1.44 bits per heavy atom. The lowest BCUT2D eigenvalue weighted by Gasteiger charge is -2.15. The largest absolute Gasteiger partial charge is 0.477 e. The maximum atomic E-state index is 14.3. The van der Waals surface area contributed by atoms with Gasteiger partial charge in [0.1, 0.15) is 27.4 Å². The van der Waals surface area contributed by atoms with Crippen LogP contribution in [0.4, 0.5) is 15.9 Å². The normalized spacial score (nSPS) is 11.0. The van der Waals surface area contributed by atoms with E-state index >= 15 is 0 Å². The first-order valence-corrected chi connectivity index (χ1v) is 8.44. The molecule has 2 aromatic heterocycles. The molecule has 0 radical (unpaired) electrons. The van der Waals surface area contributed by atoms with Crippen LogP contribution in [0.25, 0.3) is 10.2 Å². The van der Waals surface area contributed by atoms with E-state index in [2.05, 4.69) is 10.3 Å². The Balaban J connectivity index is 2.25. The number of nitrogens with one attached hydrogen (secondary N) is 1. The number of rotatable bonds is 4. The second kappa shape index (κ2) is 6.29. The number of thiazole rings is 1. The molecule has 2 N–H and O–H groups in total. The van der Waals surface area contributed by atoms with Crippen LogP contribution in [0.5, 0.6) is 0 Å². The summed E-state index contributed by atoms with van der Waals surface area (Å²) >= 11 is 1.14.